The normalized spacial score (nSPS) is 12.0. The summed E-state index contributed by atoms with van der Waals surface area (Å²) in [4.78, 5) is 17.6. The quantitative estimate of drug-likeness (QED) is 0.416. The summed E-state index contributed by atoms with van der Waals surface area (Å²) in [7, 11) is 0. The van der Waals surface area contributed by atoms with Crippen molar-refractivity contribution in [3.8, 4) is 11.1 Å². The lowest BCUT2D eigenvalue weighted by atomic mass is 9.94. The number of hydrogen-bond donors (Lipinski definition) is 2. The number of nitrogens with one attached hydrogen (secondary N) is 2. The van der Waals surface area contributed by atoms with E-state index in [-0.39, 0.29) is 18.5 Å². The van der Waals surface area contributed by atoms with Crippen LogP contribution in [0.1, 0.15) is 17.3 Å². The minimum Gasteiger partial charge on any atom is -0.346 e. The third kappa shape index (κ3) is 4.13. The van der Waals surface area contributed by atoms with Crippen LogP contribution in [0, 0.1) is 0 Å². The van der Waals surface area contributed by atoms with Crippen LogP contribution in [0.15, 0.2) is 91.5 Å². The second-order valence-corrected chi connectivity index (χ2v) is 7.59. The van der Waals surface area contributed by atoms with E-state index in [1.807, 2.05) is 54.7 Å². The molecule has 0 radical (unpaired) electrons. The van der Waals surface area contributed by atoms with Gasteiger partial charge in [0.05, 0.1) is 23.4 Å². The Morgan fingerprint density at radius 1 is 0.969 bits per heavy atom. The van der Waals surface area contributed by atoms with Crippen LogP contribution in [0.5, 0.6) is 0 Å². The molecule has 0 aliphatic heterocycles. The van der Waals surface area contributed by atoms with E-state index < -0.39 is 0 Å². The van der Waals surface area contributed by atoms with Crippen LogP contribution in [-0.4, -0.2) is 30.9 Å². The molecule has 0 bridgehead atoms. The van der Waals surface area contributed by atoms with Crippen LogP contribution < -0.4 is 5.32 Å². The number of fused-ring (bicyclic) bond motifs is 1. The number of amides is 1. The molecule has 3 heterocycles. The standard InChI is InChI=1S/C25H22N6O/c32-23(17-31-14-6-13-28-31)29-22(15-18-7-2-1-3-8-18)25-21(11-5-12-26-25)20-10-4-9-19-16-27-30-24(19)20/h1-14,16,22H,15,17H2,(H,27,30)(H,29,32)/t22-/m1/s1. The Hall–Kier alpha value is -4.26. The van der Waals surface area contributed by atoms with Crippen LogP contribution in [0.2, 0.25) is 0 Å². The fraction of sp³-hybridized carbons (Fsp3) is 0.120. The summed E-state index contributed by atoms with van der Waals surface area (Å²) in [5.74, 6) is -0.119. The first-order chi connectivity index (χ1) is 15.8. The third-order valence-electron chi connectivity index (χ3n) is 5.42. The van der Waals surface area contributed by atoms with Crippen molar-refractivity contribution < 1.29 is 4.79 Å². The number of carbonyl (C=O) groups is 1. The molecule has 32 heavy (non-hydrogen) atoms. The van der Waals surface area contributed by atoms with E-state index in [1.54, 1.807) is 29.3 Å². The Kier molecular flexibility index (Phi) is 5.45. The first-order valence-electron chi connectivity index (χ1n) is 10.5. The lowest BCUT2D eigenvalue weighted by Gasteiger charge is -2.21. The number of nitrogens with zero attached hydrogens (tertiary/aromatic N) is 4. The molecule has 7 nitrogen and oxygen atoms in total. The Bertz CT molecular complexity index is 1330. The Balaban J connectivity index is 1.54. The van der Waals surface area contributed by atoms with Gasteiger partial charge in [0.25, 0.3) is 0 Å². The maximum Gasteiger partial charge on any atom is 0.242 e. The number of aromatic nitrogens is 5. The Morgan fingerprint density at radius 2 is 1.84 bits per heavy atom. The molecular formula is C25H22N6O. The van der Waals surface area contributed by atoms with E-state index in [9.17, 15) is 4.79 Å². The highest BCUT2D eigenvalue weighted by molar-refractivity contribution is 5.94. The van der Waals surface area contributed by atoms with E-state index in [1.165, 1.54) is 0 Å². The number of carbonyl (C=O) groups excluding carboxylic acids is 1. The number of para-hydroxylation sites is 1. The lowest BCUT2D eigenvalue weighted by molar-refractivity contribution is -0.122. The van der Waals surface area contributed by atoms with E-state index in [0.29, 0.717) is 6.42 Å². The van der Waals surface area contributed by atoms with E-state index >= 15 is 0 Å². The number of pyridine rings is 1. The molecule has 0 spiro atoms. The monoisotopic (exact) mass is 422 g/mol. The van der Waals surface area contributed by atoms with Crippen molar-refractivity contribution in [2.24, 2.45) is 0 Å². The maximum absolute atomic E-state index is 12.9. The van der Waals surface area contributed by atoms with Gasteiger partial charge in [-0.05, 0) is 24.1 Å². The zero-order valence-corrected chi connectivity index (χ0v) is 17.3. The summed E-state index contributed by atoms with van der Waals surface area (Å²) in [5, 5.41) is 15.6. The highest BCUT2D eigenvalue weighted by Gasteiger charge is 2.22. The van der Waals surface area contributed by atoms with E-state index in [2.05, 4.69) is 32.7 Å². The average molecular weight is 422 g/mol. The summed E-state index contributed by atoms with van der Waals surface area (Å²) >= 11 is 0. The van der Waals surface area contributed by atoms with Crippen LogP contribution in [0.4, 0.5) is 0 Å². The molecule has 1 atom stereocenters. The molecule has 158 valence electrons. The van der Waals surface area contributed by atoms with Gasteiger partial charge in [0.15, 0.2) is 0 Å². The molecular weight excluding hydrogens is 400 g/mol. The molecule has 0 aliphatic rings. The number of benzene rings is 2. The van der Waals surface area contributed by atoms with Gasteiger partial charge in [-0.15, -0.1) is 0 Å². The number of hydrogen-bond acceptors (Lipinski definition) is 4. The van der Waals surface area contributed by atoms with Crippen molar-refractivity contribution in [3.63, 3.8) is 0 Å². The fourth-order valence-electron chi connectivity index (χ4n) is 3.96. The summed E-state index contributed by atoms with van der Waals surface area (Å²) in [5.41, 5.74) is 4.84. The average Bonchev–Trinajstić information content (AvgIpc) is 3.51. The van der Waals surface area contributed by atoms with Crippen molar-refractivity contribution in [1.29, 1.82) is 0 Å². The Labute approximate surface area is 185 Å². The van der Waals surface area contributed by atoms with Gasteiger partial charge in [0, 0.05) is 35.1 Å². The van der Waals surface area contributed by atoms with E-state index in [4.69, 9.17) is 4.98 Å². The molecule has 2 aromatic carbocycles. The second-order valence-electron chi connectivity index (χ2n) is 7.59. The van der Waals surface area contributed by atoms with Crippen LogP contribution in [0.3, 0.4) is 0 Å². The predicted molar refractivity (Wildman–Crippen MR) is 123 cm³/mol. The van der Waals surface area contributed by atoms with Crippen LogP contribution in [0.25, 0.3) is 22.0 Å². The van der Waals surface area contributed by atoms with Crippen molar-refractivity contribution in [2.75, 3.05) is 0 Å². The molecule has 0 unspecified atom stereocenters. The largest absolute Gasteiger partial charge is 0.346 e. The molecule has 5 rings (SSSR count). The number of aromatic amines is 1. The van der Waals surface area contributed by atoms with Gasteiger partial charge < -0.3 is 5.32 Å². The summed E-state index contributed by atoms with van der Waals surface area (Å²) in [6.07, 6.45) is 7.63. The fourth-order valence-corrected chi connectivity index (χ4v) is 3.96. The van der Waals surface area contributed by atoms with E-state index in [0.717, 1.165) is 33.3 Å². The summed E-state index contributed by atoms with van der Waals surface area (Å²) in [6, 6.07) is 21.6. The van der Waals surface area contributed by atoms with Crippen molar-refractivity contribution in [3.05, 3.63) is 103 Å². The highest BCUT2D eigenvalue weighted by Crippen LogP contribution is 2.32. The zero-order valence-electron chi connectivity index (χ0n) is 17.3. The van der Waals surface area contributed by atoms with Crippen molar-refractivity contribution in [1.82, 2.24) is 30.3 Å². The summed E-state index contributed by atoms with van der Waals surface area (Å²) in [6.45, 7) is 0.149. The summed E-state index contributed by atoms with van der Waals surface area (Å²) < 4.78 is 1.61. The first kappa shape index (κ1) is 19.7. The second kappa shape index (κ2) is 8.85. The van der Waals surface area contributed by atoms with Gasteiger partial charge in [-0.1, -0.05) is 54.6 Å². The van der Waals surface area contributed by atoms with Gasteiger partial charge in [-0.25, -0.2) is 0 Å². The molecule has 7 heteroatoms. The maximum atomic E-state index is 12.9. The zero-order chi connectivity index (χ0) is 21.8. The molecule has 1 amide bonds. The van der Waals surface area contributed by atoms with Crippen LogP contribution in [-0.2, 0) is 17.8 Å². The highest BCUT2D eigenvalue weighted by atomic mass is 16.2. The molecule has 2 N–H and O–H groups in total. The van der Waals surface area contributed by atoms with Crippen molar-refractivity contribution in [2.45, 2.75) is 19.0 Å². The predicted octanol–water partition coefficient (Wildman–Crippen LogP) is 3.92. The molecule has 0 saturated carbocycles. The smallest absolute Gasteiger partial charge is 0.242 e. The molecule has 0 saturated heterocycles. The van der Waals surface area contributed by atoms with Gasteiger partial charge in [0.1, 0.15) is 6.54 Å². The van der Waals surface area contributed by atoms with Crippen LogP contribution >= 0.6 is 0 Å². The molecule has 0 aliphatic carbocycles. The van der Waals surface area contributed by atoms with Gasteiger partial charge in [-0.2, -0.15) is 10.2 Å². The van der Waals surface area contributed by atoms with Gasteiger partial charge in [0.2, 0.25) is 5.91 Å². The molecule has 5 aromatic rings. The Morgan fingerprint density at radius 3 is 2.69 bits per heavy atom. The first-order valence-corrected chi connectivity index (χ1v) is 10.5. The minimum atomic E-state index is -0.310. The number of rotatable bonds is 7. The lowest BCUT2D eigenvalue weighted by Crippen LogP contribution is -2.33. The molecule has 3 aromatic heterocycles. The third-order valence-corrected chi connectivity index (χ3v) is 5.42. The SMILES string of the molecule is O=C(Cn1cccn1)N[C@H](Cc1ccccc1)c1ncccc1-c1cccc2cn[nH]c12. The van der Waals surface area contributed by atoms with Gasteiger partial charge in [-0.3, -0.25) is 19.6 Å². The van der Waals surface area contributed by atoms with Crippen molar-refractivity contribution >= 4 is 16.8 Å². The molecule has 0 fully saturated rings. The van der Waals surface area contributed by atoms with Gasteiger partial charge >= 0.3 is 0 Å². The minimum absolute atomic E-state index is 0.119. The number of H-pyrrole nitrogens is 1. The topological polar surface area (TPSA) is 88.5 Å².